The van der Waals surface area contributed by atoms with Crippen LogP contribution in [0.3, 0.4) is 0 Å². The van der Waals surface area contributed by atoms with Crippen LogP contribution in [0.15, 0.2) is 60.9 Å². The fourth-order valence-corrected chi connectivity index (χ4v) is 5.39. The summed E-state index contributed by atoms with van der Waals surface area (Å²) in [7, 11) is 0. The highest BCUT2D eigenvalue weighted by atomic mass is 16.4. The zero-order valence-corrected chi connectivity index (χ0v) is 25.7. The monoisotopic (exact) mass is 632 g/mol. The summed E-state index contributed by atoms with van der Waals surface area (Å²) in [4.78, 5) is 69.7. The summed E-state index contributed by atoms with van der Waals surface area (Å²) in [5.41, 5.74) is 9.04. The summed E-state index contributed by atoms with van der Waals surface area (Å²) in [6.07, 6.45) is 3.23. The molecule has 0 radical (unpaired) electrons. The number of H-pyrrole nitrogens is 2. The minimum absolute atomic E-state index is 0.0148. The van der Waals surface area contributed by atoms with Crippen molar-refractivity contribution in [1.29, 1.82) is 0 Å². The van der Waals surface area contributed by atoms with Crippen molar-refractivity contribution in [3.63, 3.8) is 0 Å². The summed E-state index contributed by atoms with van der Waals surface area (Å²) >= 11 is 0. The maximum atomic E-state index is 13.8. The second kappa shape index (κ2) is 15.2. The molecule has 2 aromatic heterocycles. The largest absolute Gasteiger partial charge is 0.481 e. The minimum atomic E-state index is -1.27. The topological polar surface area (TPSA) is 219 Å². The van der Waals surface area contributed by atoms with Gasteiger partial charge < -0.3 is 41.9 Å². The molecule has 0 saturated carbocycles. The average molecular weight is 633 g/mol. The smallest absolute Gasteiger partial charge is 0.326 e. The Morgan fingerprint density at radius 1 is 0.717 bits per heavy atom. The molecule has 0 spiro atoms. The maximum Gasteiger partial charge on any atom is 0.326 e. The molecule has 2 heterocycles. The van der Waals surface area contributed by atoms with Gasteiger partial charge in [0, 0.05) is 53.5 Å². The number of aliphatic carboxylic acids is 2. The summed E-state index contributed by atoms with van der Waals surface area (Å²) in [6, 6.07) is 10.1. The number of nitrogens with two attached hydrogens (primary N) is 1. The Hall–Kier alpha value is -5.17. The molecule has 0 bridgehead atoms. The predicted octanol–water partition coefficient (Wildman–Crippen LogP) is 2.21. The first-order valence-corrected chi connectivity index (χ1v) is 15.1. The van der Waals surface area contributed by atoms with Gasteiger partial charge in [-0.3, -0.25) is 19.2 Å². The van der Waals surface area contributed by atoms with Crippen LogP contribution in [-0.2, 0) is 36.8 Å². The third kappa shape index (κ3) is 8.72. The number of hydrogen-bond acceptors (Lipinski definition) is 6. The van der Waals surface area contributed by atoms with Gasteiger partial charge in [0.15, 0.2) is 0 Å². The Morgan fingerprint density at radius 2 is 1.20 bits per heavy atom. The van der Waals surface area contributed by atoms with E-state index in [9.17, 15) is 29.1 Å². The highest BCUT2D eigenvalue weighted by Crippen LogP contribution is 2.21. The van der Waals surface area contributed by atoms with Crippen LogP contribution in [0.2, 0.25) is 0 Å². The van der Waals surface area contributed by atoms with Crippen molar-refractivity contribution in [2.45, 2.75) is 70.1 Å². The van der Waals surface area contributed by atoms with Gasteiger partial charge in [0.1, 0.15) is 18.1 Å². The van der Waals surface area contributed by atoms with Crippen LogP contribution in [0.4, 0.5) is 0 Å². The molecule has 4 aromatic rings. The second-order valence-electron chi connectivity index (χ2n) is 11.8. The molecule has 244 valence electrons. The van der Waals surface area contributed by atoms with Crippen molar-refractivity contribution >= 4 is 51.5 Å². The van der Waals surface area contributed by atoms with E-state index in [1.807, 2.05) is 62.4 Å². The highest BCUT2D eigenvalue weighted by Gasteiger charge is 2.32. The third-order valence-corrected chi connectivity index (χ3v) is 7.79. The van der Waals surface area contributed by atoms with Gasteiger partial charge in [0.25, 0.3) is 0 Å². The van der Waals surface area contributed by atoms with E-state index in [1.165, 1.54) is 0 Å². The van der Waals surface area contributed by atoms with Crippen molar-refractivity contribution in [3.05, 3.63) is 72.1 Å². The van der Waals surface area contributed by atoms with Crippen LogP contribution in [-0.4, -0.2) is 74.0 Å². The number of aromatic nitrogens is 2. The standard InChI is InChI=1S/C33H40N6O7/c1-18(2)13-26(31(43)39-28(33(45)46)15-20-17-36-25-10-6-4-8-22(20)25)38-32(44)27(37-30(42)23(34)11-12-29(40)41)14-19-16-35-24-9-5-3-7-21(19)24/h3-10,16-18,23,26-28,35-36H,11-15,34H2,1-2H3,(H,37,42)(H,38,44)(H,39,43)(H,40,41)(H,45,46). The van der Waals surface area contributed by atoms with E-state index >= 15 is 0 Å². The van der Waals surface area contributed by atoms with Crippen LogP contribution in [0.1, 0.15) is 44.2 Å². The third-order valence-electron chi connectivity index (χ3n) is 7.79. The van der Waals surface area contributed by atoms with Gasteiger partial charge in [0.2, 0.25) is 17.7 Å². The molecule has 0 aliphatic carbocycles. The Balaban J connectivity index is 1.53. The lowest BCUT2D eigenvalue weighted by Crippen LogP contribution is -2.58. The molecule has 0 fully saturated rings. The molecule has 4 rings (SSSR count). The van der Waals surface area contributed by atoms with E-state index in [2.05, 4.69) is 25.9 Å². The second-order valence-corrected chi connectivity index (χ2v) is 11.8. The number of carbonyl (C=O) groups excluding carboxylic acids is 3. The number of amides is 3. The van der Waals surface area contributed by atoms with Crippen molar-refractivity contribution < 1.29 is 34.2 Å². The number of benzene rings is 2. The lowest BCUT2D eigenvalue weighted by atomic mass is 9.99. The average Bonchev–Trinajstić information content (AvgIpc) is 3.62. The Kier molecular flexibility index (Phi) is 11.2. The first-order valence-electron chi connectivity index (χ1n) is 15.1. The van der Waals surface area contributed by atoms with E-state index in [0.29, 0.717) is 5.56 Å². The van der Waals surface area contributed by atoms with E-state index in [4.69, 9.17) is 10.8 Å². The van der Waals surface area contributed by atoms with Gasteiger partial charge in [-0.2, -0.15) is 0 Å². The van der Waals surface area contributed by atoms with Crippen molar-refractivity contribution in [2.75, 3.05) is 0 Å². The van der Waals surface area contributed by atoms with Gasteiger partial charge in [0.05, 0.1) is 6.04 Å². The van der Waals surface area contributed by atoms with Gasteiger partial charge in [-0.15, -0.1) is 0 Å². The minimum Gasteiger partial charge on any atom is -0.481 e. The number of carboxylic acid groups (broad SMARTS) is 2. The molecule has 46 heavy (non-hydrogen) atoms. The molecule has 2 aromatic carbocycles. The van der Waals surface area contributed by atoms with Crippen molar-refractivity contribution in [2.24, 2.45) is 11.7 Å². The fraction of sp³-hybridized carbons (Fsp3) is 0.364. The van der Waals surface area contributed by atoms with Gasteiger partial charge >= 0.3 is 11.9 Å². The summed E-state index contributed by atoms with van der Waals surface area (Å²) < 4.78 is 0. The molecular weight excluding hydrogens is 592 g/mol. The van der Waals surface area contributed by atoms with Crippen LogP contribution < -0.4 is 21.7 Å². The summed E-state index contributed by atoms with van der Waals surface area (Å²) in [5, 5.41) is 28.6. The molecule has 13 heteroatoms. The van der Waals surface area contributed by atoms with E-state index < -0.39 is 53.8 Å². The maximum absolute atomic E-state index is 13.8. The molecule has 0 saturated heterocycles. The normalized spacial score (nSPS) is 14.0. The molecule has 3 amide bonds. The molecule has 0 aliphatic heterocycles. The number of carbonyl (C=O) groups is 5. The number of hydrogen-bond donors (Lipinski definition) is 8. The Morgan fingerprint density at radius 3 is 1.72 bits per heavy atom. The number of carboxylic acids is 2. The van der Waals surface area contributed by atoms with Gasteiger partial charge in [-0.1, -0.05) is 50.2 Å². The number of fused-ring (bicyclic) bond motifs is 2. The number of rotatable bonds is 16. The first-order chi connectivity index (χ1) is 21.9. The zero-order chi connectivity index (χ0) is 33.4. The molecule has 9 N–H and O–H groups in total. The highest BCUT2D eigenvalue weighted by molar-refractivity contribution is 5.95. The predicted molar refractivity (Wildman–Crippen MR) is 172 cm³/mol. The van der Waals surface area contributed by atoms with E-state index in [0.717, 1.165) is 27.4 Å². The zero-order valence-electron chi connectivity index (χ0n) is 25.7. The quantitative estimate of drug-likeness (QED) is 0.0913. The van der Waals surface area contributed by atoms with Crippen LogP contribution in [0.5, 0.6) is 0 Å². The SMILES string of the molecule is CC(C)CC(NC(=O)C(Cc1c[nH]c2ccccc12)NC(=O)C(N)CCC(=O)O)C(=O)NC(Cc1c[nH]c2ccccc12)C(=O)O. The van der Waals surface area contributed by atoms with E-state index in [-0.39, 0.29) is 38.0 Å². The molecule has 13 nitrogen and oxygen atoms in total. The summed E-state index contributed by atoms with van der Waals surface area (Å²) in [5.74, 6) is -4.45. The van der Waals surface area contributed by atoms with Crippen LogP contribution >= 0.6 is 0 Å². The van der Waals surface area contributed by atoms with Crippen LogP contribution in [0.25, 0.3) is 21.8 Å². The Bertz CT molecular complexity index is 1710. The molecular formula is C33H40N6O7. The first kappa shape index (κ1) is 33.7. The number of aromatic amines is 2. The molecule has 4 unspecified atom stereocenters. The van der Waals surface area contributed by atoms with Crippen LogP contribution in [0, 0.1) is 5.92 Å². The molecule has 4 atom stereocenters. The van der Waals surface area contributed by atoms with Gasteiger partial charge in [-0.05, 0) is 42.0 Å². The van der Waals surface area contributed by atoms with E-state index in [1.54, 1.807) is 12.4 Å². The number of nitrogens with one attached hydrogen (secondary N) is 5. The Labute approximate surface area is 265 Å². The number of para-hydroxylation sites is 2. The lowest BCUT2D eigenvalue weighted by Gasteiger charge is -2.26. The molecule has 0 aliphatic rings. The lowest BCUT2D eigenvalue weighted by molar-refractivity contribution is -0.142. The van der Waals surface area contributed by atoms with Crippen molar-refractivity contribution in [3.8, 4) is 0 Å². The van der Waals surface area contributed by atoms with Gasteiger partial charge in [-0.25, -0.2) is 4.79 Å². The van der Waals surface area contributed by atoms with Crippen molar-refractivity contribution in [1.82, 2.24) is 25.9 Å². The summed E-state index contributed by atoms with van der Waals surface area (Å²) in [6.45, 7) is 3.72. The fourth-order valence-electron chi connectivity index (χ4n) is 5.39.